The molecule has 132 valence electrons. The van der Waals surface area contributed by atoms with E-state index in [0.29, 0.717) is 6.54 Å². The molecule has 25 heavy (non-hydrogen) atoms. The lowest BCUT2D eigenvalue weighted by atomic mass is 10.2. The van der Waals surface area contributed by atoms with Crippen LogP contribution in [0.5, 0.6) is 0 Å². The second-order valence-corrected chi connectivity index (χ2v) is 6.80. The zero-order valence-corrected chi connectivity index (χ0v) is 15.4. The Kier molecular flexibility index (Phi) is 5.00. The van der Waals surface area contributed by atoms with E-state index in [9.17, 15) is 4.39 Å². The molecule has 0 unspecified atom stereocenters. The largest absolute Gasteiger partial charge is 0.379 e. The first kappa shape index (κ1) is 17.7. The van der Waals surface area contributed by atoms with Crippen LogP contribution in [-0.2, 0) is 13.1 Å². The highest BCUT2D eigenvalue weighted by Crippen LogP contribution is 2.36. The lowest BCUT2D eigenvalue weighted by Crippen LogP contribution is -2.06. The molecule has 5 heteroatoms. The molecule has 2 aromatic heterocycles. The average Bonchev–Trinajstić information content (AvgIpc) is 3.38. The number of rotatable bonds is 5. The Morgan fingerprint density at radius 2 is 1.88 bits per heavy atom. The Bertz CT molecular complexity index is 882. The molecule has 0 radical (unpaired) electrons. The molecule has 1 aliphatic carbocycles. The van der Waals surface area contributed by atoms with E-state index < -0.39 is 0 Å². The number of benzene rings is 1. The Morgan fingerprint density at radius 1 is 1.16 bits per heavy atom. The van der Waals surface area contributed by atoms with Gasteiger partial charge in [0.05, 0.1) is 16.7 Å². The Hall–Kier alpha value is -2.07. The third kappa shape index (κ3) is 3.49. The SMILES string of the molecule is Cc1c(C)n(CC2CC2)c2c(NCc3ccc(F)cc3)ccnc12.Cl. The minimum atomic E-state index is -0.199. The molecule has 3 aromatic rings. The van der Waals surface area contributed by atoms with E-state index in [2.05, 4.69) is 28.7 Å². The molecule has 0 atom stereocenters. The topological polar surface area (TPSA) is 29.9 Å². The number of halogens is 2. The van der Waals surface area contributed by atoms with Crippen molar-refractivity contribution in [1.82, 2.24) is 9.55 Å². The van der Waals surface area contributed by atoms with Crippen LogP contribution in [0, 0.1) is 25.6 Å². The van der Waals surface area contributed by atoms with Gasteiger partial charge in [0.2, 0.25) is 0 Å². The van der Waals surface area contributed by atoms with Gasteiger partial charge in [0.15, 0.2) is 0 Å². The molecule has 1 saturated carbocycles. The van der Waals surface area contributed by atoms with Crippen molar-refractivity contribution < 1.29 is 4.39 Å². The normalized spacial score (nSPS) is 13.7. The summed E-state index contributed by atoms with van der Waals surface area (Å²) in [6, 6.07) is 8.68. The number of pyridine rings is 1. The molecule has 4 rings (SSSR count). The van der Waals surface area contributed by atoms with Crippen LogP contribution in [0.4, 0.5) is 10.1 Å². The minimum absolute atomic E-state index is 0. The van der Waals surface area contributed by atoms with E-state index in [4.69, 9.17) is 0 Å². The number of hydrogen-bond acceptors (Lipinski definition) is 2. The van der Waals surface area contributed by atoms with Gasteiger partial charge in [0.1, 0.15) is 5.82 Å². The molecule has 1 fully saturated rings. The summed E-state index contributed by atoms with van der Waals surface area (Å²) < 4.78 is 15.5. The van der Waals surface area contributed by atoms with Crippen molar-refractivity contribution in [3.8, 4) is 0 Å². The summed E-state index contributed by atoms with van der Waals surface area (Å²) in [4.78, 5) is 4.61. The second kappa shape index (κ2) is 7.04. The molecule has 0 bridgehead atoms. The van der Waals surface area contributed by atoms with Crippen LogP contribution in [0.25, 0.3) is 11.0 Å². The van der Waals surface area contributed by atoms with Gasteiger partial charge in [0.25, 0.3) is 0 Å². The van der Waals surface area contributed by atoms with E-state index in [-0.39, 0.29) is 18.2 Å². The molecule has 1 N–H and O–H groups in total. The number of fused-ring (bicyclic) bond motifs is 1. The van der Waals surface area contributed by atoms with Crippen LogP contribution < -0.4 is 5.32 Å². The quantitative estimate of drug-likeness (QED) is 0.675. The summed E-state index contributed by atoms with van der Waals surface area (Å²) in [5.74, 6) is 0.610. The van der Waals surface area contributed by atoms with Gasteiger partial charge in [-0.1, -0.05) is 12.1 Å². The monoisotopic (exact) mass is 359 g/mol. The van der Waals surface area contributed by atoms with Gasteiger partial charge in [-0.3, -0.25) is 4.98 Å². The Balaban J connectivity index is 0.00000182. The van der Waals surface area contributed by atoms with Gasteiger partial charge in [0, 0.05) is 25.0 Å². The number of aryl methyl sites for hydroxylation is 1. The molecular formula is C20H23ClFN3. The molecule has 0 amide bonds. The third-order valence-electron chi connectivity index (χ3n) is 5.03. The van der Waals surface area contributed by atoms with Gasteiger partial charge >= 0.3 is 0 Å². The van der Waals surface area contributed by atoms with Gasteiger partial charge in [-0.2, -0.15) is 0 Å². The Morgan fingerprint density at radius 3 is 2.56 bits per heavy atom. The molecule has 3 nitrogen and oxygen atoms in total. The molecule has 1 aliphatic rings. The van der Waals surface area contributed by atoms with Crippen LogP contribution in [0.1, 0.15) is 29.7 Å². The summed E-state index contributed by atoms with van der Waals surface area (Å²) >= 11 is 0. The van der Waals surface area contributed by atoms with Gasteiger partial charge in [-0.25, -0.2) is 4.39 Å². The predicted octanol–water partition coefficient (Wildman–Crippen LogP) is 5.24. The second-order valence-electron chi connectivity index (χ2n) is 6.80. The maximum absolute atomic E-state index is 13.1. The summed E-state index contributed by atoms with van der Waals surface area (Å²) in [5.41, 5.74) is 7.01. The zero-order valence-electron chi connectivity index (χ0n) is 14.6. The molecule has 0 aliphatic heterocycles. The summed E-state index contributed by atoms with van der Waals surface area (Å²) in [6.07, 6.45) is 4.52. The zero-order chi connectivity index (χ0) is 16.7. The molecule has 0 spiro atoms. The fraction of sp³-hybridized carbons (Fsp3) is 0.350. The number of hydrogen-bond donors (Lipinski definition) is 1. The minimum Gasteiger partial charge on any atom is -0.379 e. The standard InChI is InChI=1S/C20H22FN3.ClH/c1-13-14(2)24(12-16-3-4-16)20-18(9-10-22-19(13)20)23-11-15-5-7-17(21)8-6-15;/h5-10,16H,3-4,11-12H2,1-2H3,(H,22,23);1H. The van der Waals surface area contributed by atoms with Crippen molar-refractivity contribution in [2.75, 3.05) is 5.32 Å². The first-order valence-corrected chi connectivity index (χ1v) is 8.56. The van der Waals surface area contributed by atoms with Crippen molar-refractivity contribution in [2.24, 2.45) is 5.92 Å². The fourth-order valence-electron chi connectivity index (χ4n) is 3.27. The van der Waals surface area contributed by atoms with Crippen LogP contribution in [0.2, 0.25) is 0 Å². The average molecular weight is 360 g/mol. The molecular weight excluding hydrogens is 337 g/mol. The highest BCUT2D eigenvalue weighted by atomic mass is 35.5. The maximum Gasteiger partial charge on any atom is 0.123 e. The fourth-order valence-corrected chi connectivity index (χ4v) is 3.27. The summed E-state index contributed by atoms with van der Waals surface area (Å²) in [6.45, 7) is 6.08. The van der Waals surface area contributed by atoms with Crippen LogP contribution in [0.3, 0.4) is 0 Å². The number of aromatic nitrogens is 2. The highest BCUT2D eigenvalue weighted by Gasteiger charge is 2.25. The van der Waals surface area contributed by atoms with Crippen LogP contribution >= 0.6 is 12.4 Å². The van der Waals surface area contributed by atoms with E-state index in [0.717, 1.165) is 29.2 Å². The first-order chi connectivity index (χ1) is 11.6. The van der Waals surface area contributed by atoms with Crippen molar-refractivity contribution >= 4 is 29.1 Å². The Labute approximate surface area is 153 Å². The van der Waals surface area contributed by atoms with Gasteiger partial charge < -0.3 is 9.88 Å². The van der Waals surface area contributed by atoms with E-state index in [1.807, 2.05) is 24.4 Å². The number of anilines is 1. The maximum atomic E-state index is 13.1. The third-order valence-corrected chi connectivity index (χ3v) is 5.03. The van der Waals surface area contributed by atoms with Crippen LogP contribution in [0.15, 0.2) is 36.5 Å². The molecule has 0 saturated heterocycles. The van der Waals surface area contributed by atoms with E-state index in [1.54, 1.807) is 0 Å². The summed E-state index contributed by atoms with van der Waals surface area (Å²) in [5, 5.41) is 3.51. The number of nitrogens with one attached hydrogen (secondary N) is 1. The van der Waals surface area contributed by atoms with Crippen molar-refractivity contribution in [3.63, 3.8) is 0 Å². The lowest BCUT2D eigenvalue weighted by molar-refractivity contribution is 0.627. The van der Waals surface area contributed by atoms with E-state index >= 15 is 0 Å². The first-order valence-electron chi connectivity index (χ1n) is 8.56. The number of nitrogens with zero attached hydrogens (tertiary/aromatic N) is 2. The van der Waals surface area contributed by atoms with E-state index in [1.165, 1.54) is 41.7 Å². The van der Waals surface area contributed by atoms with Crippen LogP contribution in [-0.4, -0.2) is 9.55 Å². The van der Waals surface area contributed by atoms with Crippen molar-refractivity contribution in [2.45, 2.75) is 39.8 Å². The van der Waals surface area contributed by atoms with Crippen molar-refractivity contribution in [1.29, 1.82) is 0 Å². The predicted molar refractivity (Wildman–Crippen MR) is 103 cm³/mol. The highest BCUT2D eigenvalue weighted by molar-refractivity contribution is 5.92. The van der Waals surface area contributed by atoms with Gasteiger partial charge in [-0.15, -0.1) is 12.4 Å². The smallest absolute Gasteiger partial charge is 0.123 e. The lowest BCUT2D eigenvalue weighted by Gasteiger charge is -2.12. The molecule has 2 heterocycles. The van der Waals surface area contributed by atoms with Crippen molar-refractivity contribution in [3.05, 3.63) is 59.2 Å². The summed E-state index contributed by atoms with van der Waals surface area (Å²) in [7, 11) is 0. The van der Waals surface area contributed by atoms with Gasteiger partial charge in [-0.05, 0) is 61.9 Å². The molecule has 1 aromatic carbocycles.